The van der Waals surface area contributed by atoms with E-state index in [2.05, 4.69) is 23.3 Å². The average molecular weight is 484 g/mol. The Hall–Kier alpha value is -3.96. The normalized spacial score (nSPS) is 17.3. The second kappa shape index (κ2) is 9.96. The molecule has 2 aromatic carbocycles. The molecule has 0 unspecified atom stereocenters. The molecule has 0 radical (unpaired) electrons. The van der Waals surface area contributed by atoms with Crippen LogP contribution in [0, 0.1) is 17.2 Å². The van der Waals surface area contributed by atoms with Crippen LogP contribution in [0.3, 0.4) is 0 Å². The van der Waals surface area contributed by atoms with Crippen LogP contribution in [0.5, 0.6) is 5.75 Å². The predicted molar refractivity (Wildman–Crippen MR) is 134 cm³/mol. The molecule has 2 fully saturated rings. The Morgan fingerprint density at radius 1 is 1.06 bits per heavy atom. The summed E-state index contributed by atoms with van der Waals surface area (Å²) in [6.45, 7) is 1.18. The first kappa shape index (κ1) is 23.8. The van der Waals surface area contributed by atoms with Gasteiger partial charge in [-0.1, -0.05) is 42.5 Å². The van der Waals surface area contributed by atoms with E-state index in [0.717, 1.165) is 29.7 Å². The number of Topliss-reactive ketones (excluding diaryl/α,β-unsaturated/α-hetero) is 1. The number of amides is 1. The third kappa shape index (κ3) is 5.02. The van der Waals surface area contributed by atoms with Gasteiger partial charge in [-0.25, -0.2) is 0 Å². The smallest absolute Gasteiger partial charge is 0.252 e. The van der Waals surface area contributed by atoms with Gasteiger partial charge in [0.25, 0.3) is 5.91 Å². The minimum atomic E-state index is -0.605. The fourth-order valence-corrected chi connectivity index (χ4v) is 4.82. The van der Waals surface area contributed by atoms with Crippen LogP contribution in [0.2, 0.25) is 0 Å². The Morgan fingerprint density at radius 3 is 2.33 bits per heavy atom. The zero-order chi connectivity index (χ0) is 25.1. The third-order valence-corrected chi connectivity index (χ3v) is 7.17. The van der Waals surface area contributed by atoms with Crippen LogP contribution in [0.25, 0.3) is 11.1 Å². The molecule has 0 bridgehead atoms. The van der Waals surface area contributed by atoms with Crippen LogP contribution in [0.4, 0.5) is 0 Å². The minimum Gasteiger partial charge on any atom is -0.406 e. The van der Waals surface area contributed by atoms with E-state index in [-0.39, 0.29) is 30.1 Å². The summed E-state index contributed by atoms with van der Waals surface area (Å²) in [5.74, 6) is 0.315. The van der Waals surface area contributed by atoms with Gasteiger partial charge in [0.15, 0.2) is 0 Å². The minimum absolute atomic E-state index is 0.0751. The molecular formula is C28H29N5O3. The largest absolute Gasteiger partial charge is 0.406 e. The lowest BCUT2D eigenvalue weighted by atomic mass is 9.85. The van der Waals surface area contributed by atoms with Crippen LogP contribution < -0.4 is 10.6 Å². The summed E-state index contributed by atoms with van der Waals surface area (Å²) in [7, 11) is 0. The lowest BCUT2D eigenvalue weighted by molar-refractivity contribution is -0.119. The van der Waals surface area contributed by atoms with Gasteiger partial charge >= 0.3 is 0 Å². The number of nitriles is 1. The summed E-state index contributed by atoms with van der Waals surface area (Å²) in [4.78, 5) is 30.6. The SMILES string of the molecule is N#CCC1(n2cc(C(N)=O)c(CC(=O)C3CC3)n2)CCN(Oc2ccc(-c3ccccc3)cc2)CC1. The Morgan fingerprint density at radius 2 is 1.72 bits per heavy atom. The number of hydrogen-bond acceptors (Lipinski definition) is 6. The van der Waals surface area contributed by atoms with Crippen LogP contribution in [0.1, 0.15) is 48.2 Å². The van der Waals surface area contributed by atoms with Crippen LogP contribution >= 0.6 is 0 Å². The summed E-state index contributed by atoms with van der Waals surface area (Å²) >= 11 is 0. The molecule has 1 saturated carbocycles. The zero-order valence-electron chi connectivity index (χ0n) is 20.1. The molecule has 1 aromatic heterocycles. The van der Waals surface area contributed by atoms with Crippen molar-refractivity contribution in [1.29, 1.82) is 5.26 Å². The van der Waals surface area contributed by atoms with Gasteiger partial charge in [-0.05, 0) is 48.9 Å². The molecule has 1 aliphatic carbocycles. The number of hydrogen-bond donors (Lipinski definition) is 1. The first-order valence-corrected chi connectivity index (χ1v) is 12.3. The molecule has 3 aromatic rings. The highest BCUT2D eigenvalue weighted by Crippen LogP contribution is 2.35. The van der Waals surface area contributed by atoms with Crippen molar-refractivity contribution in [2.45, 2.75) is 44.1 Å². The lowest BCUT2D eigenvalue weighted by Gasteiger charge is -2.40. The predicted octanol–water partition coefficient (Wildman–Crippen LogP) is 3.87. The summed E-state index contributed by atoms with van der Waals surface area (Å²) in [5.41, 5.74) is 7.96. The van der Waals surface area contributed by atoms with Crippen molar-refractivity contribution >= 4 is 11.7 Å². The van der Waals surface area contributed by atoms with Gasteiger partial charge in [0.1, 0.15) is 11.5 Å². The molecule has 2 N–H and O–H groups in total. The van der Waals surface area contributed by atoms with Gasteiger partial charge < -0.3 is 10.6 Å². The van der Waals surface area contributed by atoms with Gasteiger partial charge in [0, 0.05) is 25.2 Å². The van der Waals surface area contributed by atoms with E-state index in [1.54, 1.807) is 10.9 Å². The highest BCUT2D eigenvalue weighted by atomic mass is 16.7. The molecule has 0 spiro atoms. The van der Waals surface area contributed by atoms with E-state index >= 15 is 0 Å². The first-order chi connectivity index (χ1) is 17.5. The van der Waals surface area contributed by atoms with E-state index < -0.39 is 11.4 Å². The summed E-state index contributed by atoms with van der Waals surface area (Å²) < 4.78 is 1.71. The van der Waals surface area contributed by atoms with E-state index in [0.29, 0.717) is 31.6 Å². The fraction of sp³-hybridized carbons (Fsp3) is 0.357. The van der Waals surface area contributed by atoms with Crippen molar-refractivity contribution in [3.8, 4) is 22.9 Å². The molecule has 1 saturated heterocycles. The number of nitrogens with two attached hydrogens (primary N) is 1. The van der Waals surface area contributed by atoms with Crippen LogP contribution in [0.15, 0.2) is 60.8 Å². The first-order valence-electron chi connectivity index (χ1n) is 12.3. The molecule has 2 heterocycles. The number of nitrogens with zero attached hydrogens (tertiary/aromatic N) is 4. The standard InChI is InChI=1S/C28H29N5O3/c29-15-12-28(33-19-24(27(30)35)25(31-33)18-26(34)22-6-7-22)13-16-32(17-14-28)36-23-10-8-21(9-11-23)20-4-2-1-3-5-20/h1-5,8-11,19,22H,6-7,12-14,16-18H2,(H2,30,35). The highest BCUT2D eigenvalue weighted by Gasteiger charge is 2.39. The maximum Gasteiger partial charge on any atom is 0.252 e. The summed E-state index contributed by atoms with van der Waals surface area (Å²) in [6, 6.07) is 20.4. The number of piperidine rings is 1. The van der Waals surface area contributed by atoms with Crippen LogP contribution in [-0.2, 0) is 16.8 Å². The van der Waals surface area contributed by atoms with Gasteiger partial charge in [-0.15, -0.1) is 5.06 Å². The quantitative estimate of drug-likeness (QED) is 0.494. The summed E-state index contributed by atoms with van der Waals surface area (Å²) in [6.07, 6.45) is 4.98. The van der Waals surface area contributed by atoms with Gasteiger partial charge in [0.2, 0.25) is 0 Å². The summed E-state index contributed by atoms with van der Waals surface area (Å²) in [5, 5.41) is 16.1. The zero-order valence-corrected chi connectivity index (χ0v) is 20.1. The number of hydroxylamine groups is 2. The second-order valence-electron chi connectivity index (χ2n) is 9.69. The molecule has 36 heavy (non-hydrogen) atoms. The molecule has 2 aliphatic rings. The van der Waals surface area contributed by atoms with E-state index in [9.17, 15) is 14.9 Å². The van der Waals surface area contributed by atoms with Gasteiger partial charge in [-0.3, -0.25) is 14.3 Å². The maximum atomic E-state index is 12.4. The van der Waals surface area contributed by atoms with E-state index in [4.69, 9.17) is 10.6 Å². The highest BCUT2D eigenvalue weighted by molar-refractivity contribution is 5.95. The number of aromatic nitrogens is 2. The number of ketones is 1. The molecule has 8 nitrogen and oxygen atoms in total. The average Bonchev–Trinajstić information content (AvgIpc) is 3.66. The fourth-order valence-electron chi connectivity index (χ4n) is 4.82. The molecule has 184 valence electrons. The van der Waals surface area contributed by atoms with Crippen molar-refractivity contribution < 1.29 is 14.4 Å². The molecule has 5 rings (SSSR count). The molecule has 8 heteroatoms. The monoisotopic (exact) mass is 483 g/mol. The topological polar surface area (TPSA) is 114 Å². The van der Waals surface area contributed by atoms with Crippen molar-refractivity contribution in [3.63, 3.8) is 0 Å². The number of carbonyl (C=O) groups is 2. The Bertz CT molecular complexity index is 1280. The number of benzene rings is 2. The number of primary amides is 1. The van der Waals surface area contributed by atoms with Crippen molar-refractivity contribution in [2.75, 3.05) is 13.1 Å². The van der Waals surface area contributed by atoms with Crippen LogP contribution in [-0.4, -0.2) is 39.6 Å². The lowest BCUT2D eigenvalue weighted by Crippen LogP contribution is -2.47. The molecule has 1 aliphatic heterocycles. The van der Waals surface area contributed by atoms with E-state index in [1.165, 1.54) is 0 Å². The van der Waals surface area contributed by atoms with Gasteiger partial charge in [0.05, 0.1) is 35.7 Å². The molecule has 0 atom stereocenters. The van der Waals surface area contributed by atoms with Crippen molar-refractivity contribution in [2.24, 2.45) is 11.7 Å². The Kier molecular flexibility index (Phi) is 6.57. The van der Waals surface area contributed by atoms with Crippen molar-refractivity contribution in [1.82, 2.24) is 14.8 Å². The maximum absolute atomic E-state index is 12.4. The Labute approximate surface area is 210 Å². The van der Waals surface area contributed by atoms with Gasteiger partial charge in [-0.2, -0.15) is 10.4 Å². The Balaban J connectivity index is 1.28. The molecule has 1 amide bonds. The second-order valence-corrected chi connectivity index (χ2v) is 9.69. The third-order valence-electron chi connectivity index (χ3n) is 7.17. The van der Waals surface area contributed by atoms with E-state index in [1.807, 2.05) is 47.5 Å². The molecular weight excluding hydrogens is 454 g/mol. The number of carbonyl (C=O) groups excluding carboxylic acids is 2. The number of rotatable bonds is 9. The van der Waals surface area contributed by atoms with Crippen molar-refractivity contribution in [3.05, 3.63) is 72.1 Å².